The van der Waals surface area contributed by atoms with Crippen molar-refractivity contribution in [2.45, 2.75) is 13.8 Å². The Morgan fingerprint density at radius 1 is 1.20 bits per heavy atom. The van der Waals surface area contributed by atoms with Gasteiger partial charge in [-0.15, -0.1) is 8.58 Å². The minimum atomic E-state index is 1.20. The van der Waals surface area contributed by atoms with Crippen LogP contribution in [0.5, 0.6) is 0 Å². The molecule has 0 saturated heterocycles. The Balaban J connectivity index is 2.19. The van der Waals surface area contributed by atoms with E-state index in [1.807, 2.05) is 0 Å². The van der Waals surface area contributed by atoms with Crippen LogP contribution in [-0.4, -0.2) is 12.3 Å². The van der Waals surface area contributed by atoms with Crippen LogP contribution >= 0.6 is 8.58 Å². The zero-order valence-corrected chi connectivity index (χ0v) is 4.91. The second kappa shape index (κ2) is 4.43. The Bertz CT molecular complexity index is 11.1. The SMILES string of the molecule is CCPCC. The highest BCUT2D eigenvalue weighted by molar-refractivity contribution is 7.37. The summed E-state index contributed by atoms with van der Waals surface area (Å²) in [4.78, 5) is 0. The molecule has 0 aromatic carbocycles. The first kappa shape index (κ1) is 5.43. The van der Waals surface area contributed by atoms with Crippen LogP contribution in [0.1, 0.15) is 13.8 Å². The van der Waals surface area contributed by atoms with Crippen molar-refractivity contribution in [2.75, 3.05) is 12.3 Å². The molecule has 0 fully saturated rings. The Morgan fingerprint density at radius 3 is 1.60 bits per heavy atom. The first-order valence-corrected chi connectivity index (χ1v) is 3.54. The lowest BCUT2D eigenvalue weighted by atomic mass is 11.0. The largest absolute Gasteiger partial charge is 0.123 e. The summed E-state index contributed by atoms with van der Waals surface area (Å²) in [5.41, 5.74) is 0. The lowest BCUT2D eigenvalue weighted by Gasteiger charge is -1.80. The second-order valence-electron chi connectivity index (χ2n) is 0.957. The van der Waals surface area contributed by atoms with Crippen molar-refractivity contribution in [3.63, 3.8) is 0 Å². The molecule has 0 atom stereocenters. The fraction of sp³-hybridized carbons (Fsp3) is 1.00. The van der Waals surface area contributed by atoms with Gasteiger partial charge in [0.05, 0.1) is 0 Å². The van der Waals surface area contributed by atoms with Crippen molar-refractivity contribution in [3.05, 3.63) is 0 Å². The van der Waals surface area contributed by atoms with Crippen molar-refractivity contribution >= 4 is 8.58 Å². The molecule has 0 spiro atoms. The lowest BCUT2D eigenvalue weighted by molar-refractivity contribution is 1.44. The predicted octanol–water partition coefficient (Wildman–Crippen LogP) is 1.70. The molecule has 32 valence electrons. The van der Waals surface area contributed by atoms with Gasteiger partial charge in [-0.2, -0.15) is 0 Å². The minimum absolute atomic E-state index is 1.20. The third-order valence-corrected chi connectivity index (χ3v) is 1.50. The lowest BCUT2D eigenvalue weighted by Crippen LogP contribution is -1.59. The molecule has 0 aliphatic rings. The van der Waals surface area contributed by atoms with Gasteiger partial charge in [0.25, 0.3) is 0 Å². The highest BCUT2D eigenvalue weighted by Gasteiger charge is 1.66. The van der Waals surface area contributed by atoms with E-state index in [9.17, 15) is 0 Å². The van der Waals surface area contributed by atoms with Gasteiger partial charge < -0.3 is 0 Å². The van der Waals surface area contributed by atoms with E-state index in [-0.39, 0.29) is 0 Å². The molecule has 1 heteroatoms. The molecular weight excluding hydrogens is 79.0 g/mol. The van der Waals surface area contributed by atoms with E-state index >= 15 is 0 Å². The number of hydrogen-bond acceptors (Lipinski definition) is 0. The van der Waals surface area contributed by atoms with E-state index in [0.717, 1.165) is 0 Å². The maximum Gasteiger partial charge on any atom is -0.0382 e. The van der Waals surface area contributed by atoms with E-state index < -0.39 is 0 Å². The van der Waals surface area contributed by atoms with Gasteiger partial charge in [-0.3, -0.25) is 0 Å². The van der Waals surface area contributed by atoms with E-state index in [1.54, 1.807) is 0 Å². The standard InChI is InChI=1S/C4H11P/c1-3-5-4-2/h5H,3-4H2,1-2H3. The summed E-state index contributed by atoms with van der Waals surface area (Å²) < 4.78 is 0. The summed E-state index contributed by atoms with van der Waals surface area (Å²) in [6, 6.07) is 0. The van der Waals surface area contributed by atoms with Gasteiger partial charge in [-0.25, -0.2) is 0 Å². The van der Waals surface area contributed by atoms with Gasteiger partial charge >= 0.3 is 0 Å². The van der Waals surface area contributed by atoms with E-state index in [4.69, 9.17) is 0 Å². The third kappa shape index (κ3) is 4.43. The van der Waals surface area contributed by atoms with Crippen LogP contribution in [-0.2, 0) is 0 Å². The monoisotopic (exact) mass is 90.1 g/mol. The van der Waals surface area contributed by atoms with Crippen LogP contribution in [0, 0.1) is 0 Å². The van der Waals surface area contributed by atoms with Crippen molar-refractivity contribution in [2.24, 2.45) is 0 Å². The van der Waals surface area contributed by atoms with Crippen LogP contribution in [0.25, 0.3) is 0 Å². The van der Waals surface area contributed by atoms with Crippen LogP contribution in [0.4, 0.5) is 0 Å². The molecule has 0 nitrogen and oxygen atoms in total. The molecule has 0 radical (unpaired) electrons. The average molecular weight is 90.1 g/mol. The first-order valence-electron chi connectivity index (χ1n) is 2.12. The summed E-state index contributed by atoms with van der Waals surface area (Å²) in [5.74, 6) is 0. The topological polar surface area (TPSA) is 0 Å². The Morgan fingerprint density at radius 2 is 1.60 bits per heavy atom. The molecule has 0 aliphatic carbocycles. The van der Waals surface area contributed by atoms with Crippen LogP contribution < -0.4 is 0 Å². The van der Waals surface area contributed by atoms with Crippen LogP contribution in [0.15, 0.2) is 0 Å². The number of rotatable bonds is 2. The molecule has 0 N–H and O–H groups in total. The van der Waals surface area contributed by atoms with Gasteiger partial charge in [-0.05, 0) is 12.3 Å². The van der Waals surface area contributed by atoms with Gasteiger partial charge in [0.15, 0.2) is 0 Å². The molecule has 0 aromatic rings. The van der Waals surface area contributed by atoms with E-state index in [1.165, 1.54) is 20.9 Å². The molecule has 0 heterocycles. The zero-order chi connectivity index (χ0) is 4.12. The summed E-state index contributed by atoms with van der Waals surface area (Å²) in [5, 5.41) is 0. The molecular formula is C4H11P. The van der Waals surface area contributed by atoms with Crippen LogP contribution in [0.3, 0.4) is 0 Å². The van der Waals surface area contributed by atoms with Crippen LogP contribution in [0.2, 0.25) is 0 Å². The quantitative estimate of drug-likeness (QED) is 0.453. The highest BCUT2D eigenvalue weighted by Crippen LogP contribution is 2.03. The van der Waals surface area contributed by atoms with Gasteiger partial charge in [-0.1, -0.05) is 13.8 Å². The smallest absolute Gasteiger partial charge is 0.0382 e. The first-order chi connectivity index (χ1) is 2.41. The Kier molecular flexibility index (Phi) is 4.81. The Labute approximate surface area is 35.7 Å². The normalized spacial score (nSPS) is 8.40. The maximum atomic E-state index is 2.22. The molecule has 0 unspecified atom stereocenters. The number of hydrogen-bond donors (Lipinski definition) is 0. The second-order valence-corrected chi connectivity index (χ2v) is 2.87. The van der Waals surface area contributed by atoms with Crippen molar-refractivity contribution < 1.29 is 0 Å². The molecule has 0 aliphatic heterocycles. The summed E-state index contributed by atoms with van der Waals surface area (Å²) in [7, 11) is 1.20. The summed E-state index contributed by atoms with van der Waals surface area (Å²) >= 11 is 0. The molecule has 0 aromatic heterocycles. The summed E-state index contributed by atoms with van der Waals surface area (Å²) in [6.45, 7) is 4.45. The molecule has 5 heavy (non-hydrogen) atoms. The Hall–Kier alpha value is 0.430. The van der Waals surface area contributed by atoms with Gasteiger partial charge in [0.1, 0.15) is 0 Å². The third-order valence-electron chi connectivity index (χ3n) is 0.500. The molecule has 0 rings (SSSR count). The zero-order valence-electron chi connectivity index (χ0n) is 3.91. The van der Waals surface area contributed by atoms with E-state index in [2.05, 4.69) is 13.8 Å². The fourth-order valence-electron chi connectivity index (χ4n) is 0.250. The van der Waals surface area contributed by atoms with E-state index in [0.29, 0.717) is 0 Å². The average Bonchev–Trinajstić information content (AvgIpc) is 1.41. The summed E-state index contributed by atoms with van der Waals surface area (Å²) in [6.07, 6.45) is 2.74. The van der Waals surface area contributed by atoms with Gasteiger partial charge in [0.2, 0.25) is 0 Å². The van der Waals surface area contributed by atoms with Crippen molar-refractivity contribution in [3.8, 4) is 0 Å². The predicted molar refractivity (Wildman–Crippen MR) is 29.4 cm³/mol. The molecule has 0 saturated carbocycles. The minimum Gasteiger partial charge on any atom is -0.123 e. The fourth-order valence-corrected chi connectivity index (χ4v) is 0.750. The molecule has 0 amide bonds. The molecule has 0 bridgehead atoms. The van der Waals surface area contributed by atoms with Crippen molar-refractivity contribution in [1.82, 2.24) is 0 Å². The maximum absolute atomic E-state index is 2.22. The highest BCUT2D eigenvalue weighted by atomic mass is 31.1. The van der Waals surface area contributed by atoms with Crippen molar-refractivity contribution in [1.29, 1.82) is 0 Å². The van der Waals surface area contributed by atoms with Gasteiger partial charge in [0, 0.05) is 0 Å².